The maximum atomic E-state index is 13.6. The number of aromatic nitrogens is 1. The quantitative estimate of drug-likeness (QED) is 0.602. The van der Waals surface area contributed by atoms with Crippen LogP contribution in [-0.2, 0) is 11.2 Å². The Bertz CT molecular complexity index is 954. The average molecular weight is 492 g/mol. The van der Waals surface area contributed by atoms with E-state index in [-0.39, 0.29) is 17.2 Å². The number of halogens is 2. The molecule has 2 aliphatic rings. The van der Waals surface area contributed by atoms with E-state index in [0.29, 0.717) is 40.2 Å². The van der Waals surface area contributed by atoms with Crippen molar-refractivity contribution in [1.82, 2.24) is 15.2 Å². The van der Waals surface area contributed by atoms with Crippen molar-refractivity contribution in [3.63, 3.8) is 0 Å². The van der Waals surface area contributed by atoms with Gasteiger partial charge in [-0.05, 0) is 49.1 Å². The van der Waals surface area contributed by atoms with Crippen LogP contribution in [-0.4, -0.2) is 45.4 Å². The molecule has 1 saturated carbocycles. The highest BCUT2D eigenvalue weighted by molar-refractivity contribution is 8.00. The summed E-state index contributed by atoms with van der Waals surface area (Å²) >= 11 is 14.1. The van der Waals surface area contributed by atoms with Gasteiger partial charge in [0, 0.05) is 35.6 Å². The molecular weight excluding hydrogens is 465 g/mol. The number of amides is 2. The van der Waals surface area contributed by atoms with Gasteiger partial charge in [-0.15, -0.1) is 11.8 Å². The number of nitrogens with one attached hydrogen (secondary N) is 1. The standard InChI is InChI=1S/C24H27Cl2N3O2S/c25-17-9-10-19(20(26)14-17)23(31)29-21(15-32-24(29)16-6-2-1-3-7-16)22(30)28-13-11-18-8-4-5-12-27-18/h4-5,8-10,12,14,16,21,24H,1-3,6-7,11,13,15H2,(H,28,30). The van der Waals surface area contributed by atoms with Crippen LogP contribution < -0.4 is 5.32 Å². The summed E-state index contributed by atoms with van der Waals surface area (Å²) in [4.78, 5) is 32.9. The SMILES string of the molecule is O=C(NCCc1ccccn1)C1CSC(C2CCCCC2)N1C(=O)c1ccc(Cl)cc1Cl. The fraction of sp³-hybridized carbons (Fsp3) is 0.458. The molecule has 1 aromatic heterocycles. The van der Waals surface area contributed by atoms with Crippen LogP contribution in [0.2, 0.25) is 10.0 Å². The fourth-order valence-corrected chi connectivity index (χ4v) is 6.68. The van der Waals surface area contributed by atoms with Crippen LogP contribution in [0.4, 0.5) is 0 Å². The number of carbonyl (C=O) groups excluding carboxylic acids is 2. The van der Waals surface area contributed by atoms with E-state index in [2.05, 4.69) is 10.3 Å². The first kappa shape index (κ1) is 23.4. The minimum atomic E-state index is -0.519. The molecule has 2 atom stereocenters. The summed E-state index contributed by atoms with van der Waals surface area (Å²) in [5, 5.41) is 3.80. The molecule has 2 amide bonds. The molecule has 32 heavy (non-hydrogen) atoms. The lowest BCUT2D eigenvalue weighted by molar-refractivity contribution is -0.125. The van der Waals surface area contributed by atoms with Gasteiger partial charge in [0.1, 0.15) is 6.04 Å². The third kappa shape index (κ3) is 5.41. The summed E-state index contributed by atoms with van der Waals surface area (Å²) in [5.74, 6) is 0.672. The van der Waals surface area contributed by atoms with Gasteiger partial charge >= 0.3 is 0 Å². The molecule has 2 heterocycles. The lowest BCUT2D eigenvalue weighted by Crippen LogP contribution is -2.51. The van der Waals surface area contributed by atoms with Crippen LogP contribution >= 0.6 is 35.0 Å². The van der Waals surface area contributed by atoms with E-state index in [1.807, 2.05) is 18.2 Å². The monoisotopic (exact) mass is 491 g/mol. The predicted molar refractivity (Wildman–Crippen MR) is 130 cm³/mol. The first-order chi connectivity index (χ1) is 15.5. The Morgan fingerprint density at radius 3 is 2.66 bits per heavy atom. The summed E-state index contributed by atoms with van der Waals surface area (Å²) in [6.07, 6.45) is 8.15. The van der Waals surface area contributed by atoms with Gasteiger partial charge in [-0.2, -0.15) is 0 Å². The Hall–Kier alpha value is -1.76. The molecule has 2 unspecified atom stereocenters. The third-order valence-corrected chi connectivity index (χ3v) is 8.20. The predicted octanol–water partition coefficient (Wildman–Crippen LogP) is 5.21. The Morgan fingerprint density at radius 1 is 1.12 bits per heavy atom. The molecule has 4 rings (SSSR count). The van der Waals surface area contributed by atoms with Gasteiger partial charge in [-0.1, -0.05) is 48.5 Å². The van der Waals surface area contributed by atoms with Gasteiger partial charge in [0.2, 0.25) is 5.91 Å². The fourth-order valence-electron chi connectivity index (χ4n) is 4.55. The number of rotatable bonds is 6. The molecule has 1 N–H and O–H groups in total. The molecule has 0 radical (unpaired) electrons. The molecule has 1 aromatic carbocycles. The maximum Gasteiger partial charge on any atom is 0.256 e. The Balaban J connectivity index is 1.51. The summed E-state index contributed by atoms with van der Waals surface area (Å²) in [5.41, 5.74) is 1.32. The highest BCUT2D eigenvalue weighted by Crippen LogP contribution is 2.41. The number of hydrogen-bond donors (Lipinski definition) is 1. The molecule has 2 fully saturated rings. The van der Waals surface area contributed by atoms with E-state index < -0.39 is 6.04 Å². The van der Waals surface area contributed by atoms with Gasteiger partial charge in [0.25, 0.3) is 5.91 Å². The normalized spacial score (nSPS) is 21.5. The maximum absolute atomic E-state index is 13.6. The third-order valence-electron chi connectivity index (χ3n) is 6.19. The first-order valence-electron chi connectivity index (χ1n) is 11.1. The largest absolute Gasteiger partial charge is 0.354 e. The lowest BCUT2D eigenvalue weighted by atomic mass is 9.88. The Morgan fingerprint density at radius 2 is 1.94 bits per heavy atom. The molecule has 2 aromatic rings. The van der Waals surface area contributed by atoms with Gasteiger partial charge in [-0.3, -0.25) is 14.6 Å². The van der Waals surface area contributed by atoms with E-state index in [4.69, 9.17) is 23.2 Å². The molecule has 1 saturated heterocycles. The molecule has 1 aliphatic carbocycles. The van der Waals surface area contributed by atoms with E-state index in [0.717, 1.165) is 18.5 Å². The van der Waals surface area contributed by atoms with Crippen molar-refractivity contribution >= 4 is 46.8 Å². The van der Waals surface area contributed by atoms with Crippen molar-refractivity contribution in [2.75, 3.05) is 12.3 Å². The van der Waals surface area contributed by atoms with Gasteiger partial charge < -0.3 is 10.2 Å². The van der Waals surface area contributed by atoms with Crippen molar-refractivity contribution < 1.29 is 9.59 Å². The zero-order valence-corrected chi connectivity index (χ0v) is 20.1. The number of pyridine rings is 1. The van der Waals surface area contributed by atoms with Crippen LogP contribution in [0.3, 0.4) is 0 Å². The van der Waals surface area contributed by atoms with Crippen LogP contribution in [0.15, 0.2) is 42.6 Å². The van der Waals surface area contributed by atoms with Crippen molar-refractivity contribution in [1.29, 1.82) is 0 Å². The van der Waals surface area contributed by atoms with Crippen molar-refractivity contribution in [3.8, 4) is 0 Å². The minimum Gasteiger partial charge on any atom is -0.354 e. The van der Waals surface area contributed by atoms with Crippen molar-refractivity contribution in [2.45, 2.75) is 49.9 Å². The van der Waals surface area contributed by atoms with Crippen LogP contribution in [0.5, 0.6) is 0 Å². The zero-order chi connectivity index (χ0) is 22.5. The van der Waals surface area contributed by atoms with Crippen molar-refractivity contribution in [3.05, 3.63) is 63.9 Å². The molecule has 1 aliphatic heterocycles. The smallest absolute Gasteiger partial charge is 0.256 e. The van der Waals surface area contributed by atoms with Gasteiger partial charge in [0.15, 0.2) is 0 Å². The average Bonchev–Trinajstić information content (AvgIpc) is 3.25. The zero-order valence-electron chi connectivity index (χ0n) is 17.8. The lowest BCUT2D eigenvalue weighted by Gasteiger charge is -2.35. The summed E-state index contributed by atoms with van der Waals surface area (Å²) in [6, 6.07) is 10.1. The molecule has 8 heteroatoms. The van der Waals surface area contributed by atoms with E-state index in [1.165, 1.54) is 19.3 Å². The highest BCUT2D eigenvalue weighted by Gasteiger charge is 2.45. The summed E-state index contributed by atoms with van der Waals surface area (Å²) in [6.45, 7) is 0.481. The Labute approximate surface area is 203 Å². The molecular formula is C24H27Cl2N3O2S. The Kier molecular flexibility index (Phi) is 7.98. The highest BCUT2D eigenvalue weighted by atomic mass is 35.5. The van der Waals surface area contributed by atoms with E-state index >= 15 is 0 Å². The first-order valence-corrected chi connectivity index (χ1v) is 12.9. The molecule has 170 valence electrons. The minimum absolute atomic E-state index is 0.0129. The molecule has 5 nitrogen and oxygen atoms in total. The topological polar surface area (TPSA) is 62.3 Å². The molecule has 0 bridgehead atoms. The van der Waals surface area contributed by atoms with Gasteiger partial charge in [0.05, 0.1) is 16.0 Å². The second kappa shape index (κ2) is 10.9. The summed E-state index contributed by atoms with van der Waals surface area (Å²) < 4.78 is 0. The number of carbonyl (C=O) groups is 2. The number of hydrogen-bond acceptors (Lipinski definition) is 4. The van der Waals surface area contributed by atoms with Crippen molar-refractivity contribution in [2.24, 2.45) is 5.92 Å². The van der Waals surface area contributed by atoms with Gasteiger partial charge in [-0.25, -0.2) is 0 Å². The van der Waals surface area contributed by atoms with Crippen LogP contribution in [0, 0.1) is 5.92 Å². The van der Waals surface area contributed by atoms with Crippen LogP contribution in [0.25, 0.3) is 0 Å². The number of nitrogens with zero attached hydrogens (tertiary/aromatic N) is 2. The number of benzene rings is 1. The van der Waals surface area contributed by atoms with Crippen LogP contribution in [0.1, 0.15) is 48.2 Å². The van der Waals surface area contributed by atoms with E-state index in [1.54, 1.807) is 41.1 Å². The van der Waals surface area contributed by atoms with E-state index in [9.17, 15) is 9.59 Å². The summed E-state index contributed by atoms with van der Waals surface area (Å²) in [7, 11) is 0. The molecule has 0 spiro atoms. The number of thioether (sulfide) groups is 1. The second-order valence-electron chi connectivity index (χ2n) is 8.34. The second-order valence-corrected chi connectivity index (χ2v) is 10.3.